The number of anilines is 1. The van der Waals surface area contributed by atoms with E-state index in [1.807, 2.05) is 36.7 Å². The van der Waals surface area contributed by atoms with Gasteiger partial charge < -0.3 is 15.7 Å². The summed E-state index contributed by atoms with van der Waals surface area (Å²) in [4.78, 5) is 12.6. The molecule has 26 heavy (non-hydrogen) atoms. The Kier molecular flexibility index (Phi) is 5.16. The molecule has 138 valence electrons. The van der Waals surface area contributed by atoms with Crippen molar-refractivity contribution in [3.05, 3.63) is 42.2 Å². The van der Waals surface area contributed by atoms with E-state index in [1.54, 1.807) is 11.8 Å². The number of hydrogen-bond acceptors (Lipinski definition) is 6. The third-order valence-corrected chi connectivity index (χ3v) is 6.89. The van der Waals surface area contributed by atoms with Crippen molar-refractivity contribution in [3.63, 3.8) is 0 Å². The van der Waals surface area contributed by atoms with Crippen LogP contribution in [0.4, 0.5) is 5.82 Å². The van der Waals surface area contributed by atoms with E-state index in [0.29, 0.717) is 11.5 Å². The summed E-state index contributed by atoms with van der Waals surface area (Å²) in [6.45, 7) is 2.10. The van der Waals surface area contributed by atoms with Crippen LogP contribution < -0.4 is 10.6 Å². The minimum absolute atomic E-state index is 0.0547. The summed E-state index contributed by atoms with van der Waals surface area (Å²) >= 11 is 1.57. The molecular weight excluding hydrogens is 344 g/mol. The number of aliphatic hydroxyl groups excluding tert-OH is 1. The van der Waals surface area contributed by atoms with Crippen LogP contribution in [0, 0.1) is 5.41 Å². The predicted molar refractivity (Wildman–Crippen MR) is 104 cm³/mol. The van der Waals surface area contributed by atoms with Crippen molar-refractivity contribution in [2.24, 2.45) is 11.1 Å². The zero-order valence-electron chi connectivity index (χ0n) is 15.0. The highest BCUT2D eigenvalue weighted by molar-refractivity contribution is 7.99. The van der Waals surface area contributed by atoms with E-state index in [2.05, 4.69) is 14.9 Å². The highest BCUT2D eigenvalue weighted by Gasteiger charge is 2.42. The molecule has 1 aliphatic heterocycles. The van der Waals surface area contributed by atoms with Crippen LogP contribution in [0.15, 0.2) is 46.6 Å². The number of nitrogens with two attached hydrogens (primary N) is 1. The van der Waals surface area contributed by atoms with Crippen LogP contribution in [0.1, 0.15) is 37.7 Å². The third kappa shape index (κ3) is 3.59. The Labute approximate surface area is 159 Å². The second-order valence-electron chi connectivity index (χ2n) is 7.47. The second kappa shape index (κ2) is 7.55. The van der Waals surface area contributed by atoms with Crippen LogP contribution in [-0.4, -0.2) is 34.2 Å². The zero-order valence-corrected chi connectivity index (χ0v) is 15.8. The lowest BCUT2D eigenvalue weighted by Crippen LogP contribution is -2.47. The first kappa shape index (κ1) is 17.8. The molecule has 1 aromatic carbocycles. The van der Waals surface area contributed by atoms with E-state index in [0.717, 1.165) is 34.4 Å². The van der Waals surface area contributed by atoms with Crippen molar-refractivity contribution < 1.29 is 5.11 Å². The van der Waals surface area contributed by atoms with Crippen LogP contribution in [0.3, 0.4) is 0 Å². The van der Waals surface area contributed by atoms with Crippen molar-refractivity contribution in [2.75, 3.05) is 18.0 Å². The molecule has 0 bridgehead atoms. The first-order valence-electron chi connectivity index (χ1n) is 9.39. The highest BCUT2D eigenvalue weighted by atomic mass is 32.2. The molecule has 0 unspecified atom stereocenters. The maximum Gasteiger partial charge on any atom is 0.147 e. The van der Waals surface area contributed by atoms with Gasteiger partial charge >= 0.3 is 0 Å². The number of nitrogens with zero attached hydrogens (tertiary/aromatic N) is 3. The minimum atomic E-state index is 0.0547. The number of aromatic nitrogens is 2. The van der Waals surface area contributed by atoms with Gasteiger partial charge in [-0.05, 0) is 48.8 Å². The zero-order chi connectivity index (χ0) is 18.0. The molecule has 5 nitrogen and oxygen atoms in total. The molecule has 1 aliphatic carbocycles. The van der Waals surface area contributed by atoms with Crippen molar-refractivity contribution in [2.45, 2.75) is 54.7 Å². The maximum absolute atomic E-state index is 9.25. The second-order valence-corrected chi connectivity index (χ2v) is 8.56. The fourth-order valence-electron chi connectivity index (χ4n) is 4.32. The van der Waals surface area contributed by atoms with Gasteiger partial charge in [0.2, 0.25) is 0 Å². The molecule has 4 rings (SSSR count). The molecule has 1 saturated heterocycles. The van der Waals surface area contributed by atoms with Gasteiger partial charge in [-0.1, -0.05) is 30.3 Å². The fraction of sp³-hybridized carbons (Fsp3) is 0.500. The number of aliphatic hydroxyl groups is 1. The largest absolute Gasteiger partial charge is 0.392 e. The van der Waals surface area contributed by atoms with Crippen molar-refractivity contribution in [1.29, 1.82) is 0 Å². The summed E-state index contributed by atoms with van der Waals surface area (Å²) in [6, 6.07) is 8.25. The van der Waals surface area contributed by atoms with Gasteiger partial charge in [0.25, 0.3) is 0 Å². The van der Waals surface area contributed by atoms with Gasteiger partial charge in [0, 0.05) is 24.0 Å². The molecule has 0 amide bonds. The van der Waals surface area contributed by atoms with Crippen molar-refractivity contribution in [1.82, 2.24) is 9.97 Å². The fourth-order valence-corrected chi connectivity index (χ4v) is 5.13. The van der Waals surface area contributed by atoms with Crippen LogP contribution in [0.25, 0.3) is 0 Å². The summed E-state index contributed by atoms with van der Waals surface area (Å²) in [7, 11) is 0. The van der Waals surface area contributed by atoms with Gasteiger partial charge in [0.1, 0.15) is 10.8 Å². The normalized spacial score (nSPS) is 22.1. The number of benzene rings is 1. The summed E-state index contributed by atoms with van der Waals surface area (Å²) in [5.74, 6) is 0.958. The molecule has 2 heterocycles. The Hall–Kier alpha value is -1.63. The standard InChI is InChI=1S/C20H26N4OS/c21-17-5-2-6-20(17)7-9-24(10-8-20)18-12-23-19(13-22-18)26-16-4-1-3-15(11-16)14-25/h1,3-4,11-13,17,25H,2,5-10,14,21H2/t17-/m1/s1. The average molecular weight is 371 g/mol. The molecule has 2 fully saturated rings. The molecule has 2 aliphatic rings. The molecular formula is C20H26N4OS. The topological polar surface area (TPSA) is 75.3 Å². The van der Waals surface area contributed by atoms with Crippen molar-refractivity contribution >= 4 is 17.6 Å². The Morgan fingerprint density at radius 3 is 2.69 bits per heavy atom. The van der Waals surface area contributed by atoms with Crippen LogP contribution in [0.5, 0.6) is 0 Å². The maximum atomic E-state index is 9.25. The number of hydrogen-bond donors (Lipinski definition) is 2. The van der Waals surface area contributed by atoms with Gasteiger partial charge in [0.15, 0.2) is 0 Å². The lowest BCUT2D eigenvalue weighted by molar-refractivity contribution is 0.197. The van der Waals surface area contributed by atoms with E-state index < -0.39 is 0 Å². The summed E-state index contributed by atoms with van der Waals surface area (Å²) in [5.41, 5.74) is 7.66. The number of piperidine rings is 1. The summed E-state index contributed by atoms with van der Waals surface area (Å²) in [6.07, 6.45) is 9.81. The molecule has 2 aromatic rings. The molecule has 1 atom stereocenters. The van der Waals surface area contributed by atoms with E-state index >= 15 is 0 Å². The van der Waals surface area contributed by atoms with E-state index in [-0.39, 0.29) is 6.61 Å². The van der Waals surface area contributed by atoms with Crippen LogP contribution in [-0.2, 0) is 6.61 Å². The van der Waals surface area contributed by atoms with E-state index in [9.17, 15) is 5.11 Å². The Balaban J connectivity index is 1.39. The third-order valence-electron chi connectivity index (χ3n) is 5.98. The number of rotatable bonds is 4. The lowest BCUT2D eigenvalue weighted by Gasteiger charge is -2.42. The SMILES string of the molecule is N[C@@H]1CCCC12CCN(c1cnc(Sc3cccc(CO)c3)cn1)CC2. The lowest BCUT2D eigenvalue weighted by atomic mass is 9.74. The van der Waals surface area contributed by atoms with Crippen LogP contribution in [0.2, 0.25) is 0 Å². The van der Waals surface area contributed by atoms with Gasteiger partial charge in [-0.3, -0.25) is 0 Å². The molecule has 0 radical (unpaired) electrons. The first-order valence-corrected chi connectivity index (χ1v) is 10.2. The molecule has 1 aromatic heterocycles. The molecule has 3 N–H and O–H groups in total. The van der Waals surface area contributed by atoms with E-state index in [1.165, 1.54) is 32.1 Å². The first-order chi connectivity index (χ1) is 12.7. The molecule has 1 saturated carbocycles. The highest BCUT2D eigenvalue weighted by Crippen LogP contribution is 2.45. The minimum Gasteiger partial charge on any atom is -0.392 e. The van der Waals surface area contributed by atoms with Gasteiger partial charge in [-0.15, -0.1) is 0 Å². The van der Waals surface area contributed by atoms with Crippen molar-refractivity contribution in [3.8, 4) is 0 Å². The van der Waals surface area contributed by atoms with Gasteiger partial charge in [-0.25, -0.2) is 9.97 Å². The average Bonchev–Trinajstić information content (AvgIpc) is 3.03. The summed E-state index contributed by atoms with van der Waals surface area (Å²) in [5, 5.41) is 10.1. The Morgan fingerprint density at radius 2 is 2.04 bits per heavy atom. The van der Waals surface area contributed by atoms with Gasteiger partial charge in [0.05, 0.1) is 19.0 Å². The monoisotopic (exact) mass is 370 g/mol. The predicted octanol–water partition coefficient (Wildman–Crippen LogP) is 3.22. The van der Waals surface area contributed by atoms with Gasteiger partial charge in [-0.2, -0.15) is 0 Å². The van der Waals surface area contributed by atoms with Crippen LogP contribution >= 0.6 is 11.8 Å². The molecule has 1 spiro atoms. The molecule has 6 heteroatoms. The Bertz CT molecular complexity index is 744. The Morgan fingerprint density at radius 1 is 1.19 bits per heavy atom. The van der Waals surface area contributed by atoms with E-state index in [4.69, 9.17) is 5.73 Å². The summed E-state index contributed by atoms with van der Waals surface area (Å²) < 4.78 is 0. The smallest absolute Gasteiger partial charge is 0.147 e. The quantitative estimate of drug-likeness (QED) is 0.861.